The summed E-state index contributed by atoms with van der Waals surface area (Å²) in [7, 11) is 0. The zero-order chi connectivity index (χ0) is 12.5. The van der Waals surface area contributed by atoms with Crippen molar-refractivity contribution in [2.24, 2.45) is 0 Å². The maximum atomic E-state index is 11.1. The van der Waals surface area contributed by atoms with E-state index in [1.54, 1.807) is 12.3 Å². The van der Waals surface area contributed by atoms with Gasteiger partial charge in [0.15, 0.2) is 0 Å². The summed E-state index contributed by atoms with van der Waals surface area (Å²) in [5.74, 6) is -0.875. The number of aromatic carboxylic acids is 1. The second-order valence-electron chi connectivity index (χ2n) is 4.85. The number of carbonyl (C=O) groups is 1. The highest BCUT2D eigenvalue weighted by Gasteiger charge is 2.24. The monoisotopic (exact) mass is 245 g/mol. The van der Waals surface area contributed by atoms with E-state index in [0.717, 1.165) is 37.1 Å². The Morgan fingerprint density at radius 1 is 1.56 bits per heavy atom. The van der Waals surface area contributed by atoms with Gasteiger partial charge in [-0.05, 0) is 43.4 Å². The molecule has 3 rings (SSSR count). The van der Waals surface area contributed by atoms with Crippen molar-refractivity contribution in [2.75, 3.05) is 6.61 Å². The van der Waals surface area contributed by atoms with E-state index < -0.39 is 5.97 Å². The van der Waals surface area contributed by atoms with Gasteiger partial charge in [0.1, 0.15) is 0 Å². The lowest BCUT2D eigenvalue weighted by atomic mass is 10.0. The average Bonchev–Trinajstić information content (AvgIpc) is 2.96. The first-order valence-corrected chi connectivity index (χ1v) is 6.26. The summed E-state index contributed by atoms with van der Waals surface area (Å²) in [6.45, 7) is 0.851. The first-order valence-electron chi connectivity index (χ1n) is 6.26. The molecule has 2 aliphatic rings. The third-order valence-corrected chi connectivity index (χ3v) is 3.58. The predicted octanol–water partition coefficient (Wildman–Crippen LogP) is 2.29. The van der Waals surface area contributed by atoms with Crippen molar-refractivity contribution >= 4 is 12.0 Å². The van der Waals surface area contributed by atoms with Crippen molar-refractivity contribution in [3.8, 4) is 0 Å². The minimum absolute atomic E-state index is 0.304. The van der Waals surface area contributed by atoms with Crippen molar-refractivity contribution in [1.29, 1.82) is 0 Å². The predicted molar refractivity (Wildman–Crippen MR) is 66.5 cm³/mol. The molecule has 0 spiro atoms. The smallest absolute Gasteiger partial charge is 0.336 e. The molecule has 1 aromatic heterocycles. The van der Waals surface area contributed by atoms with Crippen LogP contribution in [-0.4, -0.2) is 28.8 Å². The molecule has 1 fully saturated rings. The van der Waals surface area contributed by atoms with Crippen molar-refractivity contribution in [2.45, 2.75) is 31.8 Å². The lowest BCUT2D eigenvalue weighted by molar-refractivity contribution is 0.0695. The Balaban J connectivity index is 1.79. The molecular formula is C14H15NO3. The van der Waals surface area contributed by atoms with E-state index in [0.29, 0.717) is 18.1 Å². The van der Waals surface area contributed by atoms with Gasteiger partial charge >= 0.3 is 5.97 Å². The number of carboxylic acids is 1. The molecule has 1 saturated heterocycles. The SMILES string of the molecule is O=C(O)c1ccnc2c1CC(CC1CCCO1)=C2. The van der Waals surface area contributed by atoms with Gasteiger partial charge in [-0.2, -0.15) is 0 Å². The first kappa shape index (κ1) is 11.4. The van der Waals surface area contributed by atoms with Crippen LogP contribution in [0.15, 0.2) is 17.8 Å². The highest BCUT2D eigenvalue weighted by Crippen LogP contribution is 2.31. The number of hydrogen-bond donors (Lipinski definition) is 1. The number of ether oxygens (including phenoxy) is 1. The van der Waals surface area contributed by atoms with Crippen LogP contribution in [0.25, 0.3) is 6.08 Å². The molecule has 2 heterocycles. The van der Waals surface area contributed by atoms with Crippen molar-refractivity contribution < 1.29 is 14.6 Å². The van der Waals surface area contributed by atoms with Crippen LogP contribution in [-0.2, 0) is 11.2 Å². The number of rotatable bonds is 3. The number of carboxylic acid groups (broad SMARTS) is 1. The third-order valence-electron chi connectivity index (χ3n) is 3.58. The van der Waals surface area contributed by atoms with Crippen LogP contribution in [0, 0.1) is 0 Å². The molecule has 1 aliphatic heterocycles. The summed E-state index contributed by atoms with van der Waals surface area (Å²) in [6, 6.07) is 1.57. The normalized spacial score (nSPS) is 21.8. The van der Waals surface area contributed by atoms with Crippen LogP contribution in [0.2, 0.25) is 0 Å². The molecule has 0 radical (unpaired) electrons. The van der Waals surface area contributed by atoms with Gasteiger partial charge in [0.25, 0.3) is 0 Å². The number of pyridine rings is 1. The van der Waals surface area contributed by atoms with E-state index in [-0.39, 0.29) is 0 Å². The quantitative estimate of drug-likeness (QED) is 0.887. The molecule has 0 aromatic carbocycles. The zero-order valence-electron chi connectivity index (χ0n) is 10.1. The second kappa shape index (κ2) is 4.53. The maximum Gasteiger partial charge on any atom is 0.336 e. The summed E-state index contributed by atoms with van der Waals surface area (Å²) < 4.78 is 5.61. The highest BCUT2D eigenvalue weighted by molar-refractivity contribution is 5.91. The van der Waals surface area contributed by atoms with Crippen LogP contribution in [0.3, 0.4) is 0 Å². The summed E-state index contributed by atoms with van der Waals surface area (Å²) in [5.41, 5.74) is 3.26. The van der Waals surface area contributed by atoms with Crippen LogP contribution in [0.4, 0.5) is 0 Å². The minimum Gasteiger partial charge on any atom is -0.478 e. The number of hydrogen-bond acceptors (Lipinski definition) is 3. The molecule has 0 amide bonds. The summed E-state index contributed by atoms with van der Waals surface area (Å²) in [6.07, 6.45) is 7.71. The van der Waals surface area contributed by atoms with Crippen molar-refractivity contribution in [3.05, 3.63) is 34.7 Å². The van der Waals surface area contributed by atoms with Gasteiger partial charge in [-0.1, -0.05) is 5.57 Å². The maximum absolute atomic E-state index is 11.1. The summed E-state index contributed by atoms with van der Waals surface area (Å²) >= 11 is 0. The lowest BCUT2D eigenvalue weighted by Gasteiger charge is -2.09. The number of aromatic nitrogens is 1. The van der Waals surface area contributed by atoms with Crippen LogP contribution in [0.1, 0.15) is 40.9 Å². The molecule has 4 nitrogen and oxygen atoms in total. The van der Waals surface area contributed by atoms with Gasteiger partial charge in [-0.25, -0.2) is 4.79 Å². The lowest BCUT2D eigenvalue weighted by Crippen LogP contribution is -2.07. The Morgan fingerprint density at radius 2 is 2.44 bits per heavy atom. The largest absolute Gasteiger partial charge is 0.478 e. The number of fused-ring (bicyclic) bond motifs is 1. The fraction of sp³-hybridized carbons (Fsp3) is 0.429. The third kappa shape index (κ3) is 2.04. The Labute approximate surface area is 105 Å². The standard InChI is InChI=1S/C14H15NO3/c16-14(17)11-3-4-15-13-8-9(7-12(11)13)6-10-2-1-5-18-10/h3-4,8,10H,1-2,5-7H2,(H,16,17). The van der Waals surface area contributed by atoms with Crippen LogP contribution in [0.5, 0.6) is 0 Å². The molecule has 1 N–H and O–H groups in total. The van der Waals surface area contributed by atoms with E-state index >= 15 is 0 Å². The molecule has 4 heteroatoms. The number of nitrogens with zero attached hydrogens (tertiary/aromatic N) is 1. The fourth-order valence-corrected chi connectivity index (χ4v) is 2.72. The topological polar surface area (TPSA) is 59.4 Å². The van der Waals surface area contributed by atoms with Gasteiger partial charge in [-0.15, -0.1) is 0 Å². The van der Waals surface area contributed by atoms with Crippen molar-refractivity contribution in [3.63, 3.8) is 0 Å². The highest BCUT2D eigenvalue weighted by atomic mass is 16.5. The summed E-state index contributed by atoms with van der Waals surface area (Å²) in [5, 5.41) is 9.14. The molecule has 94 valence electrons. The molecule has 18 heavy (non-hydrogen) atoms. The van der Waals surface area contributed by atoms with E-state index in [9.17, 15) is 4.79 Å². The van der Waals surface area contributed by atoms with Gasteiger partial charge in [0.05, 0.1) is 17.4 Å². The Bertz CT molecular complexity index is 516. The van der Waals surface area contributed by atoms with Crippen LogP contribution >= 0.6 is 0 Å². The molecule has 0 saturated carbocycles. The van der Waals surface area contributed by atoms with E-state index in [4.69, 9.17) is 9.84 Å². The molecule has 1 unspecified atom stereocenters. The minimum atomic E-state index is -0.875. The molecule has 1 aromatic rings. The first-order chi connectivity index (χ1) is 8.74. The van der Waals surface area contributed by atoms with Gasteiger partial charge in [-0.3, -0.25) is 4.98 Å². The van der Waals surface area contributed by atoms with E-state index in [1.807, 2.05) is 6.08 Å². The van der Waals surface area contributed by atoms with Gasteiger partial charge in [0, 0.05) is 12.8 Å². The molecule has 0 bridgehead atoms. The molecule has 1 atom stereocenters. The molecule has 1 aliphatic carbocycles. The summed E-state index contributed by atoms with van der Waals surface area (Å²) in [4.78, 5) is 15.4. The van der Waals surface area contributed by atoms with Crippen LogP contribution < -0.4 is 0 Å². The second-order valence-corrected chi connectivity index (χ2v) is 4.85. The molecular weight excluding hydrogens is 230 g/mol. The van der Waals surface area contributed by atoms with Gasteiger partial charge in [0.2, 0.25) is 0 Å². The Kier molecular flexibility index (Phi) is 2.88. The average molecular weight is 245 g/mol. The zero-order valence-corrected chi connectivity index (χ0v) is 10.1. The Hall–Kier alpha value is -1.68. The van der Waals surface area contributed by atoms with Gasteiger partial charge < -0.3 is 9.84 Å². The van der Waals surface area contributed by atoms with E-state index in [2.05, 4.69) is 4.98 Å². The fourth-order valence-electron chi connectivity index (χ4n) is 2.72. The van der Waals surface area contributed by atoms with E-state index in [1.165, 1.54) is 5.57 Å². The van der Waals surface area contributed by atoms with Crippen molar-refractivity contribution in [1.82, 2.24) is 4.98 Å². The Morgan fingerprint density at radius 3 is 3.17 bits per heavy atom.